The van der Waals surface area contributed by atoms with Gasteiger partial charge in [0, 0.05) is 6.61 Å². The summed E-state index contributed by atoms with van der Waals surface area (Å²) in [5, 5.41) is 0. The van der Waals surface area contributed by atoms with Gasteiger partial charge in [0.25, 0.3) is 0 Å². The molecule has 6 nitrogen and oxygen atoms in total. The van der Waals surface area contributed by atoms with Gasteiger partial charge in [0.2, 0.25) is 0 Å². The highest BCUT2D eigenvalue weighted by Crippen LogP contribution is 2.30. The molecule has 1 aliphatic heterocycles. The van der Waals surface area contributed by atoms with Crippen LogP contribution in [0.3, 0.4) is 0 Å². The van der Waals surface area contributed by atoms with E-state index in [-0.39, 0.29) is 6.61 Å². The lowest BCUT2D eigenvalue weighted by molar-refractivity contribution is -0.183. The fourth-order valence-electron chi connectivity index (χ4n) is 4.77. The van der Waals surface area contributed by atoms with E-state index < -0.39 is 30.6 Å². The summed E-state index contributed by atoms with van der Waals surface area (Å²) < 4.78 is 31.1. The Hall–Kier alpha value is -3.03. The highest BCUT2D eigenvalue weighted by atomic mass is 16.7. The first kappa shape index (κ1) is 29.9. The summed E-state index contributed by atoms with van der Waals surface area (Å²) in [6.45, 7) is 3.61. The fourth-order valence-corrected chi connectivity index (χ4v) is 4.77. The van der Waals surface area contributed by atoms with Gasteiger partial charge < -0.3 is 23.7 Å². The first-order valence-electron chi connectivity index (χ1n) is 14.5. The molecule has 0 radical (unpaired) electrons. The standard InChI is InChI=1S/C34H42O6/c1-2-3-4-5-6-16-23-36-34-32(38-25-28-19-12-8-13-20-28)31(37-24-27-17-10-7-11-18-27)30(40-34)26-39-33(35)29-21-14-9-15-22-29/h7-15,17-22,30-32,34H,2-6,16,23-26H2,1H3/t30-,31-,32+,34-/m1/s1. The molecular formula is C34H42O6. The molecule has 0 spiro atoms. The smallest absolute Gasteiger partial charge is 0.338 e. The molecule has 4 atom stereocenters. The molecule has 6 heteroatoms. The second kappa shape index (κ2) is 16.9. The molecule has 0 bridgehead atoms. The number of benzene rings is 3. The normalized spacial score (nSPS) is 20.4. The van der Waals surface area contributed by atoms with Crippen LogP contribution >= 0.6 is 0 Å². The van der Waals surface area contributed by atoms with Crippen LogP contribution in [0.2, 0.25) is 0 Å². The van der Waals surface area contributed by atoms with E-state index in [1.165, 1.54) is 25.7 Å². The van der Waals surface area contributed by atoms with Gasteiger partial charge in [0.05, 0.1) is 18.8 Å². The molecule has 214 valence electrons. The molecule has 4 rings (SSSR count). The van der Waals surface area contributed by atoms with E-state index in [0.29, 0.717) is 25.4 Å². The number of esters is 1. The Morgan fingerprint density at radius 2 is 1.23 bits per heavy atom. The zero-order valence-corrected chi connectivity index (χ0v) is 23.5. The van der Waals surface area contributed by atoms with E-state index >= 15 is 0 Å². The summed E-state index contributed by atoms with van der Waals surface area (Å²) in [5.74, 6) is -0.399. The van der Waals surface area contributed by atoms with Crippen molar-refractivity contribution in [2.45, 2.75) is 83.3 Å². The highest BCUT2D eigenvalue weighted by Gasteiger charge is 2.47. The van der Waals surface area contributed by atoms with Crippen LogP contribution in [0.4, 0.5) is 0 Å². The molecule has 0 unspecified atom stereocenters. The minimum atomic E-state index is -0.624. The zero-order chi connectivity index (χ0) is 27.8. The number of ether oxygens (including phenoxy) is 5. The van der Waals surface area contributed by atoms with E-state index in [1.54, 1.807) is 12.1 Å². The monoisotopic (exact) mass is 546 g/mol. The van der Waals surface area contributed by atoms with Crippen molar-refractivity contribution in [2.24, 2.45) is 0 Å². The predicted octanol–water partition coefficient (Wildman–Crippen LogP) is 7.12. The molecule has 0 aliphatic carbocycles. The Bertz CT molecular complexity index is 1090. The van der Waals surface area contributed by atoms with E-state index in [9.17, 15) is 4.79 Å². The molecule has 0 aromatic heterocycles. The van der Waals surface area contributed by atoms with Gasteiger partial charge >= 0.3 is 5.97 Å². The molecule has 40 heavy (non-hydrogen) atoms. The molecule has 1 aliphatic rings. The Labute approximate surface area is 238 Å². The fraction of sp³-hybridized carbons (Fsp3) is 0.441. The van der Waals surface area contributed by atoms with Gasteiger partial charge in [-0.2, -0.15) is 0 Å². The van der Waals surface area contributed by atoms with Crippen LogP contribution < -0.4 is 0 Å². The lowest BCUT2D eigenvalue weighted by atomic mass is 10.1. The summed E-state index contributed by atoms with van der Waals surface area (Å²) in [6, 6.07) is 29.0. The molecule has 0 saturated carbocycles. The number of carbonyl (C=O) groups excluding carboxylic acids is 1. The van der Waals surface area contributed by atoms with Gasteiger partial charge in [-0.25, -0.2) is 4.79 Å². The first-order valence-corrected chi connectivity index (χ1v) is 14.5. The third-order valence-corrected chi connectivity index (χ3v) is 7.01. The van der Waals surface area contributed by atoms with Crippen LogP contribution in [-0.4, -0.2) is 43.8 Å². The van der Waals surface area contributed by atoms with Gasteiger partial charge in [-0.3, -0.25) is 0 Å². The van der Waals surface area contributed by atoms with E-state index in [4.69, 9.17) is 23.7 Å². The molecule has 3 aromatic rings. The summed E-state index contributed by atoms with van der Waals surface area (Å²) in [7, 11) is 0. The Morgan fingerprint density at radius 1 is 0.675 bits per heavy atom. The third-order valence-electron chi connectivity index (χ3n) is 7.01. The quantitative estimate of drug-likeness (QED) is 0.133. The van der Waals surface area contributed by atoms with Gasteiger partial charge in [0.15, 0.2) is 6.29 Å². The highest BCUT2D eigenvalue weighted by molar-refractivity contribution is 5.89. The molecule has 1 saturated heterocycles. The maximum absolute atomic E-state index is 12.7. The van der Waals surface area contributed by atoms with E-state index in [2.05, 4.69) is 6.92 Å². The SMILES string of the molecule is CCCCCCCCO[C@@H]1O[C@H](COC(=O)c2ccccc2)[C@@H](OCc2ccccc2)[C@@H]1OCc1ccccc1. The van der Waals surface area contributed by atoms with Crippen LogP contribution in [0.25, 0.3) is 0 Å². The van der Waals surface area contributed by atoms with Crippen molar-refractivity contribution in [3.63, 3.8) is 0 Å². The lowest BCUT2D eigenvalue weighted by Gasteiger charge is -2.25. The van der Waals surface area contributed by atoms with Crippen LogP contribution in [0.5, 0.6) is 0 Å². The number of hydrogen-bond donors (Lipinski definition) is 0. The van der Waals surface area contributed by atoms with Gasteiger partial charge in [-0.1, -0.05) is 118 Å². The lowest BCUT2D eigenvalue weighted by Crippen LogP contribution is -2.40. The molecule has 1 heterocycles. The summed E-state index contributed by atoms with van der Waals surface area (Å²) in [5.41, 5.74) is 2.59. The van der Waals surface area contributed by atoms with Crippen molar-refractivity contribution in [3.05, 3.63) is 108 Å². The van der Waals surface area contributed by atoms with Crippen molar-refractivity contribution >= 4 is 5.97 Å². The summed E-state index contributed by atoms with van der Waals surface area (Å²) in [4.78, 5) is 12.7. The average Bonchev–Trinajstić information content (AvgIpc) is 3.34. The molecule has 3 aromatic carbocycles. The van der Waals surface area contributed by atoms with Crippen molar-refractivity contribution in [2.75, 3.05) is 13.2 Å². The van der Waals surface area contributed by atoms with Crippen molar-refractivity contribution < 1.29 is 28.5 Å². The maximum atomic E-state index is 12.7. The van der Waals surface area contributed by atoms with E-state index in [0.717, 1.165) is 24.0 Å². The first-order chi connectivity index (χ1) is 19.7. The van der Waals surface area contributed by atoms with Gasteiger partial charge in [-0.15, -0.1) is 0 Å². The summed E-state index contributed by atoms with van der Waals surface area (Å²) in [6.07, 6.45) is 4.91. The van der Waals surface area contributed by atoms with Crippen LogP contribution in [-0.2, 0) is 36.9 Å². The third kappa shape index (κ3) is 9.56. The minimum absolute atomic E-state index is 0.0370. The molecule has 1 fully saturated rings. The zero-order valence-electron chi connectivity index (χ0n) is 23.5. The number of hydrogen-bond acceptors (Lipinski definition) is 6. The molecule has 0 N–H and O–H groups in total. The molecular weight excluding hydrogens is 504 g/mol. The van der Waals surface area contributed by atoms with Crippen LogP contribution in [0, 0.1) is 0 Å². The Kier molecular flexibility index (Phi) is 12.7. The van der Waals surface area contributed by atoms with Crippen molar-refractivity contribution in [1.82, 2.24) is 0 Å². The second-order valence-electron chi connectivity index (χ2n) is 10.2. The maximum Gasteiger partial charge on any atom is 0.338 e. The van der Waals surface area contributed by atoms with E-state index in [1.807, 2.05) is 78.9 Å². The Balaban J connectivity index is 1.44. The topological polar surface area (TPSA) is 63.2 Å². The number of rotatable bonds is 17. The van der Waals surface area contributed by atoms with Crippen molar-refractivity contribution in [1.29, 1.82) is 0 Å². The van der Waals surface area contributed by atoms with Gasteiger partial charge in [-0.05, 0) is 29.7 Å². The van der Waals surface area contributed by atoms with Crippen LogP contribution in [0.15, 0.2) is 91.0 Å². The summed E-state index contributed by atoms with van der Waals surface area (Å²) >= 11 is 0. The Morgan fingerprint density at radius 3 is 1.85 bits per heavy atom. The van der Waals surface area contributed by atoms with Crippen LogP contribution in [0.1, 0.15) is 66.9 Å². The van der Waals surface area contributed by atoms with Crippen molar-refractivity contribution in [3.8, 4) is 0 Å². The second-order valence-corrected chi connectivity index (χ2v) is 10.2. The number of unbranched alkanes of at least 4 members (excludes halogenated alkanes) is 5. The average molecular weight is 547 g/mol. The number of carbonyl (C=O) groups is 1. The van der Waals surface area contributed by atoms with Gasteiger partial charge in [0.1, 0.15) is 24.9 Å². The predicted molar refractivity (Wildman–Crippen MR) is 155 cm³/mol. The minimum Gasteiger partial charge on any atom is -0.459 e. The largest absolute Gasteiger partial charge is 0.459 e. The molecule has 0 amide bonds.